The zero-order valence-electron chi connectivity index (χ0n) is 5.56. The number of methoxy groups -OCH3 is 1. The van der Waals surface area contributed by atoms with Gasteiger partial charge in [0.15, 0.2) is 0 Å². The van der Waals surface area contributed by atoms with Crippen LogP contribution in [-0.4, -0.2) is 13.2 Å². The van der Waals surface area contributed by atoms with Crippen molar-refractivity contribution in [3.63, 3.8) is 0 Å². The largest absolute Gasteiger partial charge is 0.381 e. The molecule has 0 aromatic heterocycles. The van der Waals surface area contributed by atoms with Crippen LogP contribution in [0.3, 0.4) is 0 Å². The molecule has 0 aromatic rings. The van der Waals surface area contributed by atoms with E-state index in [1.54, 1.807) is 7.11 Å². The van der Waals surface area contributed by atoms with Gasteiger partial charge in [-0.3, -0.25) is 0 Å². The number of hydrogen-bond acceptors (Lipinski definition) is 1. The van der Waals surface area contributed by atoms with Crippen molar-refractivity contribution in [2.75, 3.05) is 7.11 Å². The van der Waals surface area contributed by atoms with Crippen LogP contribution in [0.25, 0.3) is 0 Å². The zero-order chi connectivity index (χ0) is 6.69. The van der Waals surface area contributed by atoms with E-state index in [9.17, 15) is 0 Å². The van der Waals surface area contributed by atoms with Gasteiger partial charge in [-0.1, -0.05) is 22.0 Å². The molecule has 0 radical (unpaired) electrons. The third-order valence-electron chi connectivity index (χ3n) is 1.61. The summed E-state index contributed by atoms with van der Waals surface area (Å²) in [7, 11) is 1.77. The molecule has 1 rings (SSSR count). The highest BCUT2D eigenvalue weighted by atomic mass is 79.9. The summed E-state index contributed by atoms with van der Waals surface area (Å²) in [6, 6.07) is 0. The van der Waals surface area contributed by atoms with E-state index in [2.05, 4.69) is 22.0 Å². The van der Waals surface area contributed by atoms with Crippen LogP contribution in [0.1, 0.15) is 19.3 Å². The summed E-state index contributed by atoms with van der Waals surface area (Å²) < 4.78 is 6.48. The first-order valence-corrected chi connectivity index (χ1v) is 3.99. The van der Waals surface area contributed by atoms with Gasteiger partial charge in [0.2, 0.25) is 0 Å². The van der Waals surface area contributed by atoms with Crippen LogP contribution in [0.4, 0.5) is 0 Å². The van der Waals surface area contributed by atoms with Gasteiger partial charge < -0.3 is 4.74 Å². The average Bonchev–Trinajstić information content (AvgIpc) is 1.88. The predicted molar refractivity (Wildman–Crippen MR) is 41.7 cm³/mol. The predicted octanol–water partition coefficient (Wildman–Crippen LogP) is 2.46. The summed E-state index contributed by atoms with van der Waals surface area (Å²) in [6.45, 7) is 0. The molecule has 0 saturated carbocycles. The first kappa shape index (κ1) is 7.29. The molecular weight excluding hydrogens is 180 g/mol. The Bertz CT molecular complexity index is 120. The molecule has 52 valence electrons. The van der Waals surface area contributed by atoms with E-state index in [1.807, 2.05) is 0 Å². The number of hydrogen-bond donors (Lipinski definition) is 0. The molecule has 1 aliphatic carbocycles. The number of halogens is 1. The molecule has 0 amide bonds. The van der Waals surface area contributed by atoms with Crippen molar-refractivity contribution in [2.24, 2.45) is 0 Å². The van der Waals surface area contributed by atoms with Crippen molar-refractivity contribution < 1.29 is 4.74 Å². The molecule has 0 aliphatic heterocycles. The van der Waals surface area contributed by atoms with Gasteiger partial charge in [-0.2, -0.15) is 0 Å². The number of allylic oxidation sites excluding steroid dienone is 1. The second-order valence-corrected chi connectivity index (χ2v) is 3.31. The summed E-state index contributed by atoms with van der Waals surface area (Å²) in [6.07, 6.45) is 6.04. The molecule has 0 saturated heterocycles. The van der Waals surface area contributed by atoms with Crippen LogP contribution in [0.2, 0.25) is 0 Å². The van der Waals surface area contributed by atoms with E-state index < -0.39 is 0 Å². The van der Waals surface area contributed by atoms with E-state index in [0.717, 1.165) is 12.8 Å². The fourth-order valence-corrected chi connectivity index (χ4v) is 1.62. The van der Waals surface area contributed by atoms with Gasteiger partial charge in [0.05, 0.1) is 6.10 Å². The molecule has 1 nitrogen and oxygen atoms in total. The SMILES string of the molecule is COC1CCC=C(Br)C1. The maximum atomic E-state index is 5.19. The molecule has 1 atom stereocenters. The van der Waals surface area contributed by atoms with Gasteiger partial charge in [-0.05, 0) is 17.3 Å². The van der Waals surface area contributed by atoms with Crippen LogP contribution in [0.15, 0.2) is 10.6 Å². The van der Waals surface area contributed by atoms with E-state index in [4.69, 9.17) is 4.74 Å². The van der Waals surface area contributed by atoms with Gasteiger partial charge in [-0.25, -0.2) is 0 Å². The topological polar surface area (TPSA) is 9.23 Å². The molecule has 1 aliphatic rings. The van der Waals surface area contributed by atoms with Gasteiger partial charge in [-0.15, -0.1) is 0 Å². The Morgan fingerprint density at radius 2 is 2.56 bits per heavy atom. The second-order valence-electron chi connectivity index (χ2n) is 2.29. The quantitative estimate of drug-likeness (QED) is 0.618. The van der Waals surface area contributed by atoms with Crippen LogP contribution < -0.4 is 0 Å². The Balaban J connectivity index is 2.39. The smallest absolute Gasteiger partial charge is 0.0619 e. The number of rotatable bonds is 1. The van der Waals surface area contributed by atoms with Crippen molar-refractivity contribution in [3.8, 4) is 0 Å². The van der Waals surface area contributed by atoms with Crippen molar-refractivity contribution >= 4 is 15.9 Å². The highest BCUT2D eigenvalue weighted by Gasteiger charge is 2.11. The van der Waals surface area contributed by atoms with E-state index in [0.29, 0.717) is 6.10 Å². The van der Waals surface area contributed by atoms with Crippen LogP contribution in [0, 0.1) is 0 Å². The minimum atomic E-state index is 0.448. The lowest BCUT2D eigenvalue weighted by Gasteiger charge is -2.17. The molecule has 0 fully saturated rings. The molecule has 0 bridgehead atoms. The fourth-order valence-electron chi connectivity index (χ4n) is 1.03. The summed E-state index contributed by atoms with van der Waals surface area (Å²) >= 11 is 3.45. The summed E-state index contributed by atoms with van der Waals surface area (Å²) in [5.74, 6) is 0. The van der Waals surface area contributed by atoms with Crippen molar-refractivity contribution in [1.29, 1.82) is 0 Å². The van der Waals surface area contributed by atoms with E-state index in [1.165, 1.54) is 10.9 Å². The lowest BCUT2D eigenvalue weighted by molar-refractivity contribution is 0.0947. The van der Waals surface area contributed by atoms with Crippen molar-refractivity contribution in [2.45, 2.75) is 25.4 Å². The van der Waals surface area contributed by atoms with Gasteiger partial charge in [0, 0.05) is 13.5 Å². The fraction of sp³-hybridized carbons (Fsp3) is 0.714. The van der Waals surface area contributed by atoms with Gasteiger partial charge >= 0.3 is 0 Å². The zero-order valence-corrected chi connectivity index (χ0v) is 7.15. The van der Waals surface area contributed by atoms with Crippen LogP contribution >= 0.6 is 15.9 Å². The van der Waals surface area contributed by atoms with Crippen molar-refractivity contribution in [3.05, 3.63) is 10.6 Å². The molecular formula is C7H11BrO. The third kappa shape index (κ3) is 2.11. The average molecular weight is 191 g/mol. The highest BCUT2D eigenvalue weighted by molar-refractivity contribution is 9.11. The molecule has 0 heterocycles. The third-order valence-corrected chi connectivity index (χ3v) is 2.26. The van der Waals surface area contributed by atoms with Crippen molar-refractivity contribution in [1.82, 2.24) is 0 Å². The summed E-state index contributed by atoms with van der Waals surface area (Å²) in [5, 5.41) is 0. The van der Waals surface area contributed by atoms with E-state index >= 15 is 0 Å². The molecule has 9 heavy (non-hydrogen) atoms. The Labute approximate surface area is 64.2 Å². The first-order chi connectivity index (χ1) is 4.33. The summed E-state index contributed by atoms with van der Waals surface area (Å²) in [5.41, 5.74) is 0. The molecule has 2 heteroatoms. The van der Waals surface area contributed by atoms with E-state index in [-0.39, 0.29) is 0 Å². The van der Waals surface area contributed by atoms with Gasteiger partial charge in [0.25, 0.3) is 0 Å². The lowest BCUT2D eigenvalue weighted by atomic mass is 10.1. The maximum Gasteiger partial charge on any atom is 0.0619 e. The summed E-state index contributed by atoms with van der Waals surface area (Å²) in [4.78, 5) is 0. The monoisotopic (exact) mass is 190 g/mol. The first-order valence-electron chi connectivity index (χ1n) is 3.20. The molecule has 0 N–H and O–H groups in total. The molecule has 0 spiro atoms. The Kier molecular flexibility index (Phi) is 2.73. The minimum absolute atomic E-state index is 0.448. The highest BCUT2D eigenvalue weighted by Crippen LogP contribution is 2.23. The Morgan fingerprint density at radius 1 is 1.78 bits per heavy atom. The van der Waals surface area contributed by atoms with Crippen LogP contribution in [0.5, 0.6) is 0 Å². The minimum Gasteiger partial charge on any atom is -0.381 e. The number of ether oxygens (including phenoxy) is 1. The molecule has 0 aromatic carbocycles. The van der Waals surface area contributed by atoms with Gasteiger partial charge in [0.1, 0.15) is 0 Å². The lowest BCUT2D eigenvalue weighted by Crippen LogP contribution is -2.12. The normalized spacial score (nSPS) is 27.8. The Hall–Kier alpha value is 0.180. The molecule has 1 unspecified atom stereocenters. The maximum absolute atomic E-state index is 5.19. The standard InChI is InChI=1S/C7H11BrO/c1-9-7-4-2-3-6(8)5-7/h3,7H,2,4-5H2,1H3. The second kappa shape index (κ2) is 3.37. The Morgan fingerprint density at radius 3 is 3.00 bits per heavy atom. The van der Waals surface area contributed by atoms with Crippen LogP contribution in [-0.2, 0) is 4.74 Å².